The number of aromatic nitrogens is 1. The van der Waals surface area contributed by atoms with E-state index in [1.165, 1.54) is 10.9 Å². The van der Waals surface area contributed by atoms with E-state index < -0.39 is 0 Å². The number of nitrogens with zero attached hydrogens (tertiary/aromatic N) is 2. The summed E-state index contributed by atoms with van der Waals surface area (Å²) in [6, 6.07) is 36.0. The fourth-order valence-corrected chi connectivity index (χ4v) is 5.23. The zero-order chi connectivity index (χ0) is 28.6. The van der Waals surface area contributed by atoms with Crippen LogP contribution in [0.2, 0.25) is 0 Å². The lowest BCUT2D eigenvalue weighted by molar-refractivity contribution is -0.132. The second-order valence-corrected chi connectivity index (χ2v) is 10.9. The maximum Gasteiger partial charge on any atom is 0.254 e. The Morgan fingerprint density at radius 1 is 0.732 bits per heavy atom. The second-order valence-electron chi connectivity index (χ2n) is 10.9. The smallest absolute Gasteiger partial charge is 0.254 e. The number of nitrogens with one attached hydrogen (secondary N) is 1. The van der Waals surface area contributed by atoms with Crippen LogP contribution < -0.4 is 0 Å². The predicted molar refractivity (Wildman–Crippen MR) is 166 cm³/mol. The number of para-hydroxylation sites is 1. The summed E-state index contributed by atoms with van der Waals surface area (Å²) in [5, 5.41) is 1.18. The van der Waals surface area contributed by atoms with Crippen LogP contribution >= 0.6 is 0 Å². The molecule has 0 aliphatic rings. The van der Waals surface area contributed by atoms with Crippen molar-refractivity contribution < 1.29 is 9.59 Å². The average Bonchev–Trinajstić information content (AvgIpc) is 3.42. The number of rotatable bonds is 11. The van der Waals surface area contributed by atoms with Crippen molar-refractivity contribution in [2.75, 3.05) is 19.6 Å². The monoisotopic (exact) mass is 543 g/mol. The number of fused-ring (bicyclic) bond motifs is 1. The van der Waals surface area contributed by atoms with Gasteiger partial charge in [-0.25, -0.2) is 0 Å². The molecule has 2 amide bonds. The van der Waals surface area contributed by atoms with Gasteiger partial charge in [0.15, 0.2) is 0 Å². The van der Waals surface area contributed by atoms with Crippen LogP contribution in [0.5, 0.6) is 0 Å². The molecule has 5 aromatic rings. The van der Waals surface area contributed by atoms with Gasteiger partial charge in [-0.15, -0.1) is 0 Å². The van der Waals surface area contributed by atoms with Gasteiger partial charge in [-0.1, -0.05) is 105 Å². The Morgan fingerprint density at radius 3 is 2.07 bits per heavy atom. The molecule has 5 nitrogen and oxygen atoms in total. The second kappa shape index (κ2) is 13.1. The van der Waals surface area contributed by atoms with E-state index in [4.69, 9.17) is 0 Å². The summed E-state index contributed by atoms with van der Waals surface area (Å²) in [6.45, 7) is 5.75. The standard InChI is InChI=1S/C36H37N3O2/c1-27(2)24-39(36(41)31-19-17-30(18-20-31)29-13-7-4-8-14-29)26-35(40)38(25-28-11-5-3-6-12-28)22-21-32-23-37-34-16-10-9-15-33(32)34/h3-20,23,27,37H,21-22,24-26H2,1-2H3. The van der Waals surface area contributed by atoms with Gasteiger partial charge in [-0.3, -0.25) is 9.59 Å². The Balaban J connectivity index is 1.34. The topological polar surface area (TPSA) is 56.4 Å². The van der Waals surface area contributed by atoms with Gasteiger partial charge < -0.3 is 14.8 Å². The number of hydrogen-bond donors (Lipinski definition) is 1. The van der Waals surface area contributed by atoms with E-state index in [-0.39, 0.29) is 24.3 Å². The van der Waals surface area contributed by atoms with E-state index in [2.05, 4.69) is 43.1 Å². The number of benzene rings is 4. The molecule has 41 heavy (non-hydrogen) atoms. The molecule has 0 atom stereocenters. The van der Waals surface area contributed by atoms with Gasteiger partial charge in [0, 0.05) is 42.3 Å². The lowest BCUT2D eigenvalue weighted by Gasteiger charge is -2.29. The minimum Gasteiger partial charge on any atom is -0.361 e. The summed E-state index contributed by atoms with van der Waals surface area (Å²) in [7, 11) is 0. The van der Waals surface area contributed by atoms with E-state index in [1.807, 2.05) is 96.0 Å². The van der Waals surface area contributed by atoms with Crippen molar-refractivity contribution >= 4 is 22.7 Å². The summed E-state index contributed by atoms with van der Waals surface area (Å²) < 4.78 is 0. The molecule has 0 unspecified atom stereocenters. The minimum absolute atomic E-state index is 0.0398. The number of H-pyrrole nitrogens is 1. The molecule has 0 fully saturated rings. The Hall–Kier alpha value is -4.64. The van der Waals surface area contributed by atoms with Crippen molar-refractivity contribution in [3.63, 3.8) is 0 Å². The fraction of sp³-hybridized carbons (Fsp3) is 0.222. The Bertz CT molecular complexity index is 1570. The van der Waals surface area contributed by atoms with Crippen molar-refractivity contribution in [3.8, 4) is 11.1 Å². The van der Waals surface area contributed by atoms with E-state index in [1.54, 1.807) is 4.90 Å². The molecule has 208 valence electrons. The molecule has 0 spiro atoms. The van der Waals surface area contributed by atoms with E-state index in [0.29, 0.717) is 25.2 Å². The van der Waals surface area contributed by atoms with Gasteiger partial charge in [0.2, 0.25) is 5.91 Å². The zero-order valence-corrected chi connectivity index (χ0v) is 23.8. The highest BCUT2D eigenvalue weighted by Gasteiger charge is 2.24. The summed E-state index contributed by atoms with van der Waals surface area (Å²) >= 11 is 0. The first-order valence-corrected chi connectivity index (χ1v) is 14.3. The summed E-state index contributed by atoms with van der Waals surface area (Å²) in [5.74, 6) is 0.0516. The van der Waals surface area contributed by atoms with Crippen molar-refractivity contribution in [2.45, 2.75) is 26.8 Å². The maximum absolute atomic E-state index is 13.9. The third-order valence-corrected chi connectivity index (χ3v) is 7.33. The average molecular weight is 544 g/mol. The molecule has 0 saturated heterocycles. The molecule has 0 aliphatic heterocycles. The van der Waals surface area contributed by atoms with Crippen LogP contribution in [0.25, 0.3) is 22.0 Å². The third-order valence-electron chi connectivity index (χ3n) is 7.33. The number of carbonyl (C=O) groups is 2. The highest BCUT2D eigenvalue weighted by atomic mass is 16.2. The van der Waals surface area contributed by atoms with Crippen LogP contribution in [0.15, 0.2) is 115 Å². The molecule has 1 heterocycles. The van der Waals surface area contributed by atoms with Gasteiger partial charge in [-0.05, 0) is 52.8 Å². The van der Waals surface area contributed by atoms with Crippen molar-refractivity contribution in [1.29, 1.82) is 0 Å². The zero-order valence-electron chi connectivity index (χ0n) is 23.8. The molecule has 4 aromatic carbocycles. The van der Waals surface area contributed by atoms with E-state index in [9.17, 15) is 9.59 Å². The number of carbonyl (C=O) groups excluding carboxylic acids is 2. The molecule has 5 heteroatoms. The molecule has 5 rings (SSSR count). The largest absolute Gasteiger partial charge is 0.361 e. The Morgan fingerprint density at radius 2 is 1.37 bits per heavy atom. The first kappa shape index (κ1) is 27.9. The molecule has 0 radical (unpaired) electrons. The quantitative estimate of drug-likeness (QED) is 0.191. The highest BCUT2D eigenvalue weighted by molar-refractivity contribution is 5.97. The van der Waals surface area contributed by atoms with Crippen LogP contribution in [0.1, 0.15) is 35.3 Å². The lowest BCUT2D eigenvalue weighted by atomic mass is 10.0. The van der Waals surface area contributed by atoms with Gasteiger partial charge in [-0.2, -0.15) is 0 Å². The normalized spacial score (nSPS) is 11.1. The molecule has 0 aliphatic carbocycles. The highest BCUT2D eigenvalue weighted by Crippen LogP contribution is 2.21. The summed E-state index contributed by atoms with van der Waals surface area (Å²) in [6.07, 6.45) is 2.76. The Kier molecular flexibility index (Phi) is 8.95. The number of hydrogen-bond acceptors (Lipinski definition) is 2. The predicted octanol–water partition coefficient (Wildman–Crippen LogP) is 7.20. The molecule has 0 saturated carbocycles. The van der Waals surface area contributed by atoms with Crippen LogP contribution in [-0.4, -0.2) is 46.2 Å². The van der Waals surface area contributed by atoms with Crippen molar-refractivity contribution in [3.05, 3.63) is 132 Å². The molecule has 1 aromatic heterocycles. The van der Waals surface area contributed by atoms with Crippen LogP contribution in [-0.2, 0) is 17.8 Å². The Labute approximate surface area is 242 Å². The van der Waals surface area contributed by atoms with E-state index >= 15 is 0 Å². The van der Waals surface area contributed by atoms with Crippen LogP contribution in [0, 0.1) is 5.92 Å². The molecule has 1 N–H and O–H groups in total. The minimum atomic E-state index is -0.122. The van der Waals surface area contributed by atoms with Gasteiger partial charge >= 0.3 is 0 Å². The van der Waals surface area contributed by atoms with Crippen LogP contribution in [0.4, 0.5) is 0 Å². The third kappa shape index (κ3) is 7.12. The first-order chi connectivity index (χ1) is 20.0. The van der Waals surface area contributed by atoms with E-state index in [0.717, 1.165) is 28.6 Å². The van der Waals surface area contributed by atoms with Gasteiger partial charge in [0.05, 0.1) is 0 Å². The SMILES string of the molecule is CC(C)CN(CC(=O)N(CCc1c[nH]c2ccccc12)Cc1ccccc1)C(=O)c1ccc(-c2ccccc2)cc1. The number of aromatic amines is 1. The van der Waals surface area contributed by atoms with Crippen molar-refractivity contribution in [2.24, 2.45) is 5.92 Å². The fourth-order valence-electron chi connectivity index (χ4n) is 5.23. The van der Waals surface area contributed by atoms with Crippen molar-refractivity contribution in [1.82, 2.24) is 14.8 Å². The lowest BCUT2D eigenvalue weighted by Crippen LogP contribution is -2.44. The number of amides is 2. The summed E-state index contributed by atoms with van der Waals surface area (Å²) in [5.41, 5.74) is 6.09. The maximum atomic E-state index is 13.9. The van der Waals surface area contributed by atoms with Gasteiger partial charge in [0.1, 0.15) is 6.54 Å². The molecule has 0 bridgehead atoms. The summed E-state index contributed by atoms with van der Waals surface area (Å²) in [4.78, 5) is 34.5. The van der Waals surface area contributed by atoms with Crippen LogP contribution in [0.3, 0.4) is 0 Å². The molecular weight excluding hydrogens is 506 g/mol. The molecular formula is C36H37N3O2. The first-order valence-electron chi connectivity index (χ1n) is 14.3. The van der Waals surface area contributed by atoms with Gasteiger partial charge in [0.25, 0.3) is 5.91 Å².